The van der Waals surface area contributed by atoms with Crippen molar-refractivity contribution in [2.45, 2.75) is 66.2 Å². The summed E-state index contributed by atoms with van der Waals surface area (Å²) in [6.45, 7) is 7.85. The molecule has 0 aliphatic carbocycles. The van der Waals surface area contributed by atoms with Crippen LogP contribution in [0, 0.1) is 0 Å². The van der Waals surface area contributed by atoms with Crippen LogP contribution in [0.1, 0.15) is 66.2 Å². The van der Waals surface area contributed by atoms with Gasteiger partial charge in [0.05, 0.1) is 4.67 Å². The van der Waals surface area contributed by atoms with Crippen molar-refractivity contribution < 1.29 is 37.6 Å². The van der Waals surface area contributed by atoms with Crippen LogP contribution in [0.2, 0.25) is 0 Å². The quantitative estimate of drug-likeness (QED) is 0.150. The number of hydrogen-bond donors (Lipinski definition) is 2. The molecular weight excluding hydrogens is 406 g/mol. The summed E-state index contributed by atoms with van der Waals surface area (Å²) in [5, 5.41) is 0. The Morgan fingerprint density at radius 3 is 1.93 bits per heavy atom. The number of carbonyl (C=O) groups is 1. The summed E-state index contributed by atoms with van der Waals surface area (Å²) in [4.78, 5) is 28.4. The third kappa shape index (κ3) is 18.4. The normalized spacial score (nSPS) is 13.4. The highest BCUT2D eigenvalue weighted by Gasteiger charge is 2.30. The Labute approximate surface area is 167 Å². The van der Waals surface area contributed by atoms with E-state index in [1.165, 1.54) is 16.7 Å². The molecule has 0 bridgehead atoms. The van der Waals surface area contributed by atoms with Crippen molar-refractivity contribution in [1.82, 2.24) is 0 Å². The molecule has 0 amide bonds. The molecule has 0 aromatic heterocycles. The first-order valence-electron chi connectivity index (χ1n) is 8.98. The number of Topliss-reactive ketones (excluding diaryl/α,β-unsaturated/α-hetero) is 1. The van der Waals surface area contributed by atoms with Crippen LogP contribution in [0.4, 0.5) is 0 Å². The van der Waals surface area contributed by atoms with Crippen LogP contribution < -0.4 is 0 Å². The van der Waals surface area contributed by atoms with Crippen LogP contribution in [0.25, 0.3) is 0 Å². The SMILES string of the molecule is CC(C)=CCC/C(C)=C/CC/C(C)=C/CCC(=O)CO[P+](=O)OOP(=O)(O)O. The van der Waals surface area contributed by atoms with E-state index in [9.17, 15) is 13.9 Å². The minimum atomic E-state index is -4.91. The average molecular weight is 437 g/mol. The molecule has 0 aromatic carbocycles. The Bertz CT molecular complexity index is 642. The van der Waals surface area contributed by atoms with Gasteiger partial charge in [-0.05, 0) is 59.8 Å². The summed E-state index contributed by atoms with van der Waals surface area (Å²) in [5.41, 5.74) is 3.89. The molecule has 8 nitrogen and oxygen atoms in total. The van der Waals surface area contributed by atoms with Crippen molar-refractivity contribution in [3.8, 4) is 0 Å². The number of phosphoric acid groups is 1. The first-order chi connectivity index (χ1) is 13.0. The van der Waals surface area contributed by atoms with Crippen molar-refractivity contribution in [1.29, 1.82) is 0 Å². The lowest BCUT2D eigenvalue weighted by molar-refractivity contribution is -0.131. The highest BCUT2D eigenvalue weighted by molar-refractivity contribution is 7.46. The molecule has 28 heavy (non-hydrogen) atoms. The summed E-state index contributed by atoms with van der Waals surface area (Å²) in [5.74, 6) is -0.304. The van der Waals surface area contributed by atoms with E-state index in [0.717, 1.165) is 25.7 Å². The standard InChI is InChI=1S/C18H30O8P2/c1-15(2)8-5-9-16(3)10-6-11-17(4)12-7-13-18(19)14-24-27(20)25-26-28(21,22)23/h8,10,12H,5-7,9,11,13-14H2,1-4H3,(H-,21,22,23)/p+1/b16-10+,17-12+. The average Bonchev–Trinajstić information content (AvgIpc) is 2.57. The number of allylic oxidation sites excluding steroid dienone is 6. The van der Waals surface area contributed by atoms with Crippen LogP contribution in [-0.2, 0) is 27.8 Å². The van der Waals surface area contributed by atoms with Gasteiger partial charge < -0.3 is 9.79 Å². The highest BCUT2D eigenvalue weighted by atomic mass is 31.2. The summed E-state index contributed by atoms with van der Waals surface area (Å²) < 4.78 is 33.4. The Morgan fingerprint density at radius 1 is 0.929 bits per heavy atom. The molecule has 1 atom stereocenters. The Balaban J connectivity index is 3.98. The third-order valence-corrected chi connectivity index (χ3v) is 4.48. The van der Waals surface area contributed by atoms with Gasteiger partial charge in [-0.3, -0.25) is 4.79 Å². The summed E-state index contributed by atoms with van der Waals surface area (Å²) >= 11 is 0. The van der Waals surface area contributed by atoms with Gasteiger partial charge in [0.15, 0.2) is 12.4 Å². The number of carbonyl (C=O) groups excluding carboxylic acids is 1. The highest BCUT2D eigenvalue weighted by Crippen LogP contribution is 2.40. The van der Waals surface area contributed by atoms with E-state index in [1.54, 1.807) is 0 Å². The topological polar surface area (TPSA) is 119 Å². The Morgan fingerprint density at radius 2 is 1.43 bits per heavy atom. The van der Waals surface area contributed by atoms with Gasteiger partial charge in [0.1, 0.15) is 0 Å². The molecule has 2 N–H and O–H groups in total. The molecule has 0 fully saturated rings. The number of rotatable bonds is 15. The van der Waals surface area contributed by atoms with E-state index in [1.807, 2.05) is 13.0 Å². The maximum Gasteiger partial charge on any atom is 0.729 e. The fourth-order valence-electron chi connectivity index (χ4n) is 2.11. The second kappa shape index (κ2) is 14.9. The van der Waals surface area contributed by atoms with E-state index >= 15 is 0 Å². The number of hydrogen-bond acceptors (Lipinski definition) is 6. The predicted octanol–water partition coefficient (Wildman–Crippen LogP) is 5.47. The summed E-state index contributed by atoms with van der Waals surface area (Å²) in [7, 11) is -7.85. The second-order valence-electron chi connectivity index (χ2n) is 6.67. The van der Waals surface area contributed by atoms with Gasteiger partial charge in [-0.2, -0.15) is 0 Å². The summed E-state index contributed by atoms with van der Waals surface area (Å²) in [6, 6.07) is 0. The van der Waals surface area contributed by atoms with Crippen LogP contribution in [0.15, 0.2) is 34.9 Å². The monoisotopic (exact) mass is 437 g/mol. The van der Waals surface area contributed by atoms with Crippen molar-refractivity contribution >= 4 is 21.9 Å². The zero-order valence-corrected chi connectivity index (χ0v) is 18.7. The maximum absolute atomic E-state index is 11.6. The molecule has 10 heteroatoms. The zero-order valence-electron chi connectivity index (χ0n) is 16.9. The second-order valence-corrected chi connectivity index (χ2v) is 8.66. The molecule has 0 aliphatic heterocycles. The molecular formula is C18H31O8P2+. The van der Waals surface area contributed by atoms with Crippen LogP contribution in [0.3, 0.4) is 0 Å². The Kier molecular flexibility index (Phi) is 14.4. The minimum Gasteiger partial charge on any atom is -0.301 e. The Hall–Kier alpha value is -0.980. The van der Waals surface area contributed by atoms with Gasteiger partial charge in [-0.15, -0.1) is 4.52 Å². The first-order valence-corrected chi connectivity index (χ1v) is 11.6. The summed E-state index contributed by atoms with van der Waals surface area (Å²) in [6.07, 6.45) is 11.2. The fraction of sp³-hybridized carbons (Fsp3) is 0.611. The first kappa shape index (κ1) is 27.0. The van der Waals surface area contributed by atoms with Crippen molar-refractivity contribution in [2.24, 2.45) is 0 Å². The maximum atomic E-state index is 11.6. The smallest absolute Gasteiger partial charge is 0.301 e. The van der Waals surface area contributed by atoms with Crippen molar-refractivity contribution in [3.63, 3.8) is 0 Å². The molecule has 0 radical (unpaired) electrons. The molecule has 0 aromatic rings. The lowest BCUT2D eigenvalue weighted by Crippen LogP contribution is -2.05. The molecule has 0 saturated carbocycles. The van der Waals surface area contributed by atoms with E-state index in [4.69, 9.17) is 9.79 Å². The lowest BCUT2D eigenvalue weighted by Gasteiger charge is -2.01. The van der Waals surface area contributed by atoms with Gasteiger partial charge in [-0.1, -0.05) is 39.6 Å². The molecule has 0 aliphatic rings. The molecule has 1 unspecified atom stereocenters. The largest absolute Gasteiger partial charge is 0.729 e. The van der Waals surface area contributed by atoms with Gasteiger partial charge in [0, 0.05) is 11.0 Å². The van der Waals surface area contributed by atoms with Crippen LogP contribution in [0.5, 0.6) is 0 Å². The van der Waals surface area contributed by atoms with Crippen LogP contribution >= 0.6 is 16.1 Å². The predicted molar refractivity (Wildman–Crippen MR) is 107 cm³/mol. The van der Waals surface area contributed by atoms with Crippen molar-refractivity contribution in [3.05, 3.63) is 34.9 Å². The molecule has 0 saturated heterocycles. The van der Waals surface area contributed by atoms with Gasteiger partial charge in [0.25, 0.3) is 0 Å². The van der Waals surface area contributed by atoms with Gasteiger partial charge >= 0.3 is 16.1 Å². The van der Waals surface area contributed by atoms with Crippen molar-refractivity contribution in [2.75, 3.05) is 6.61 Å². The minimum absolute atomic E-state index is 0.206. The van der Waals surface area contributed by atoms with Gasteiger partial charge in [-0.25, -0.2) is 4.57 Å². The fourth-order valence-corrected chi connectivity index (χ4v) is 2.97. The van der Waals surface area contributed by atoms with E-state index in [0.29, 0.717) is 6.42 Å². The third-order valence-electron chi connectivity index (χ3n) is 3.56. The van der Waals surface area contributed by atoms with Crippen LogP contribution in [-0.4, -0.2) is 22.2 Å². The zero-order chi connectivity index (χ0) is 21.6. The van der Waals surface area contributed by atoms with E-state index in [2.05, 4.69) is 46.8 Å². The lowest BCUT2D eigenvalue weighted by atomic mass is 10.1. The van der Waals surface area contributed by atoms with Gasteiger partial charge in [0.2, 0.25) is 0 Å². The number of ketones is 1. The molecule has 0 rings (SSSR count). The molecule has 160 valence electrons. The molecule has 0 heterocycles. The van der Waals surface area contributed by atoms with E-state index in [-0.39, 0.29) is 12.2 Å². The van der Waals surface area contributed by atoms with E-state index < -0.39 is 22.7 Å². The molecule has 0 spiro atoms.